The van der Waals surface area contributed by atoms with Crippen LogP contribution in [0.4, 0.5) is 0 Å². The second-order valence-corrected chi connectivity index (χ2v) is 0. The van der Waals surface area contributed by atoms with E-state index in [4.69, 9.17) is 0 Å². The summed E-state index contributed by atoms with van der Waals surface area (Å²) < 4.78 is 0. The fourth-order valence-corrected chi connectivity index (χ4v) is 0. The molecular formula is InO2Yb+2. The van der Waals surface area contributed by atoms with E-state index >= 15 is 0 Å². The second-order valence-electron chi connectivity index (χ2n) is 0. The van der Waals surface area contributed by atoms with Crippen LogP contribution in [0.5, 0.6) is 0 Å². The molecule has 0 amide bonds. The summed E-state index contributed by atoms with van der Waals surface area (Å²) in [5, 5.41) is 0. The van der Waals surface area contributed by atoms with E-state index < -0.39 is 0 Å². The van der Waals surface area contributed by atoms with Gasteiger partial charge in [0.15, 0.2) is 0 Å². The molecule has 1 radical (unpaired) electrons. The molecule has 0 fully saturated rings. The molecule has 0 spiro atoms. The minimum absolute atomic E-state index is 0. The monoisotopic (exact) mass is 321 g/mol. The van der Waals surface area contributed by atoms with Gasteiger partial charge in [0.05, 0.1) is 0 Å². The third-order valence-electron chi connectivity index (χ3n) is 0. The first-order valence-electron chi connectivity index (χ1n) is 0. The topological polar surface area (TPSA) is 57.0 Å². The van der Waals surface area contributed by atoms with Crippen LogP contribution in [-0.2, 0) is 11.0 Å². The molecule has 0 rings (SSSR count). The Morgan fingerprint density at radius 2 is 0.750 bits per heavy atom. The van der Waals surface area contributed by atoms with Crippen molar-refractivity contribution < 1.29 is 57.9 Å². The third-order valence-corrected chi connectivity index (χ3v) is 0. The number of hydrogen-bond acceptors (Lipinski definition) is 0. The Morgan fingerprint density at radius 1 is 0.750 bits per heavy atom. The van der Waals surface area contributed by atoms with Gasteiger partial charge in [-0.05, 0) is 0 Å². The van der Waals surface area contributed by atoms with Gasteiger partial charge in [-0.2, -0.15) is 0 Å². The van der Waals surface area contributed by atoms with Crippen LogP contribution in [0.3, 0.4) is 0 Å². The van der Waals surface area contributed by atoms with Gasteiger partial charge in [-0.25, -0.2) is 0 Å². The Balaban J connectivity index is 0. The number of hydrogen-bond donors (Lipinski definition) is 0. The molecule has 0 aromatic carbocycles. The molecular weight excluding hydrogens is 320 g/mol. The molecule has 2 nitrogen and oxygen atoms in total. The summed E-state index contributed by atoms with van der Waals surface area (Å²) in [5.74, 6) is 0. The smallest absolute Gasteiger partial charge is 2.00 e. The molecule has 0 saturated heterocycles. The fraction of sp³-hybridized carbons (Fsp3) is 0. The van der Waals surface area contributed by atoms with Gasteiger partial charge >= 0.3 is 72.8 Å². The number of rotatable bonds is 0. The summed E-state index contributed by atoms with van der Waals surface area (Å²) >= 11 is 0. The molecule has 0 aliphatic carbocycles. The van der Waals surface area contributed by atoms with Crippen LogP contribution in [0.25, 0.3) is 0 Å². The van der Waals surface area contributed by atoms with E-state index in [9.17, 15) is 0 Å². The van der Waals surface area contributed by atoms with Crippen molar-refractivity contribution in [3.63, 3.8) is 0 Å². The summed E-state index contributed by atoms with van der Waals surface area (Å²) in [6.45, 7) is 0. The average Bonchev–Trinajstić information content (AvgIpc) is 0. The molecule has 0 bridgehead atoms. The molecule has 0 atom stereocenters. The van der Waals surface area contributed by atoms with Crippen molar-refractivity contribution in [3.8, 4) is 0 Å². The molecule has 27 valence electrons. The van der Waals surface area contributed by atoms with Gasteiger partial charge in [0.2, 0.25) is 0 Å². The first-order valence-corrected chi connectivity index (χ1v) is 0. The van der Waals surface area contributed by atoms with E-state index in [0.29, 0.717) is 0 Å². The van der Waals surface area contributed by atoms with Crippen LogP contribution >= 0.6 is 0 Å². The predicted octanol–water partition coefficient (Wildman–Crippen LogP) is -0.618. The zero-order valence-electron chi connectivity index (χ0n) is 1.66. The SMILES string of the molecule is [In+3].[O-2].[O-2].[Yb+3]. The molecule has 0 aromatic heterocycles. The van der Waals surface area contributed by atoms with Gasteiger partial charge in [-0.3, -0.25) is 0 Å². The van der Waals surface area contributed by atoms with Crippen LogP contribution in [0.15, 0.2) is 0 Å². The molecule has 0 aliphatic rings. The van der Waals surface area contributed by atoms with Crippen molar-refractivity contribution in [2.24, 2.45) is 0 Å². The van der Waals surface area contributed by atoms with Crippen molar-refractivity contribution in [3.05, 3.63) is 0 Å². The first kappa shape index (κ1) is 33.3. The van der Waals surface area contributed by atoms with Gasteiger partial charge in [-0.1, -0.05) is 0 Å². The van der Waals surface area contributed by atoms with Crippen molar-refractivity contribution in [1.29, 1.82) is 0 Å². The third kappa shape index (κ3) is 8.85. The zero-order chi connectivity index (χ0) is 0. The van der Waals surface area contributed by atoms with Crippen LogP contribution in [0, 0.1) is 46.9 Å². The molecule has 4 heavy (non-hydrogen) atoms. The van der Waals surface area contributed by atoms with Gasteiger partial charge in [0.25, 0.3) is 0 Å². The quantitative estimate of drug-likeness (QED) is 0.571. The van der Waals surface area contributed by atoms with E-state index in [1.807, 2.05) is 0 Å². The van der Waals surface area contributed by atoms with E-state index in [-0.39, 0.29) is 83.7 Å². The van der Waals surface area contributed by atoms with Crippen LogP contribution in [-0.4, -0.2) is 25.8 Å². The van der Waals surface area contributed by atoms with Gasteiger partial charge in [0.1, 0.15) is 0 Å². The Kier molecular flexibility index (Phi) is 154. The van der Waals surface area contributed by atoms with Crippen molar-refractivity contribution in [1.82, 2.24) is 0 Å². The fourth-order valence-electron chi connectivity index (χ4n) is 0. The average molecular weight is 320 g/mol. The van der Waals surface area contributed by atoms with Crippen molar-refractivity contribution in [2.75, 3.05) is 0 Å². The molecule has 0 aromatic rings. The van der Waals surface area contributed by atoms with Crippen LogP contribution < -0.4 is 0 Å². The predicted molar refractivity (Wildman–Crippen MR) is 7.13 cm³/mol. The summed E-state index contributed by atoms with van der Waals surface area (Å²) in [6.07, 6.45) is 0. The minimum atomic E-state index is 0. The Bertz CT molecular complexity index is 6.00. The van der Waals surface area contributed by atoms with Crippen molar-refractivity contribution in [2.45, 2.75) is 0 Å². The maximum atomic E-state index is 0. The van der Waals surface area contributed by atoms with E-state index in [1.165, 1.54) is 0 Å². The standard InChI is InChI=1S/In.2O.Yb/q+3;2*-2;+3. The summed E-state index contributed by atoms with van der Waals surface area (Å²) in [6, 6.07) is 0. The first-order chi connectivity index (χ1) is 0. The summed E-state index contributed by atoms with van der Waals surface area (Å²) in [5.41, 5.74) is 0. The van der Waals surface area contributed by atoms with Gasteiger partial charge < -0.3 is 11.0 Å². The largest absolute Gasteiger partial charge is 3.00 e. The maximum absolute atomic E-state index is 0. The summed E-state index contributed by atoms with van der Waals surface area (Å²) in [7, 11) is 0. The Hall–Kier alpha value is 2.31. The Labute approximate surface area is 82.0 Å². The van der Waals surface area contributed by atoms with Crippen LogP contribution in [0.1, 0.15) is 0 Å². The second kappa shape index (κ2) is 18.5. The Morgan fingerprint density at radius 3 is 0.750 bits per heavy atom. The zero-order valence-corrected chi connectivity index (χ0v) is 6.67. The normalized spacial score (nSPS) is 0. The molecule has 0 aliphatic heterocycles. The molecule has 0 saturated carbocycles. The van der Waals surface area contributed by atoms with E-state index in [1.54, 1.807) is 0 Å². The maximum Gasteiger partial charge on any atom is 3.00 e. The van der Waals surface area contributed by atoms with Gasteiger partial charge in [-0.15, -0.1) is 0 Å². The summed E-state index contributed by atoms with van der Waals surface area (Å²) in [4.78, 5) is 0. The van der Waals surface area contributed by atoms with E-state index in [2.05, 4.69) is 0 Å². The molecule has 0 heterocycles. The minimum Gasteiger partial charge on any atom is -2.00 e. The molecule has 0 N–H and O–H groups in total. The van der Waals surface area contributed by atoms with E-state index in [0.717, 1.165) is 0 Å². The molecule has 4 heteroatoms. The molecule has 0 unspecified atom stereocenters. The van der Waals surface area contributed by atoms with Crippen molar-refractivity contribution >= 4 is 25.8 Å². The van der Waals surface area contributed by atoms with Gasteiger partial charge in [0, 0.05) is 0 Å². The van der Waals surface area contributed by atoms with Crippen LogP contribution in [0.2, 0.25) is 0 Å².